The van der Waals surface area contributed by atoms with Crippen LogP contribution in [0.1, 0.15) is 35.8 Å². The van der Waals surface area contributed by atoms with Crippen molar-refractivity contribution < 1.29 is 9.18 Å². The van der Waals surface area contributed by atoms with Crippen molar-refractivity contribution in [2.24, 2.45) is 14.1 Å². The summed E-state index contributed by atoms with van der Waals surface area (Å²) in [5.41, 5.74) is 5.20. The van der Waals surface area contributed by atoms with Crippen molar-refractivity contribution in [3.05, 3.63) is 62.0 Å². The third-order valence-corrected chi connectivity index (χ3v) is 4.64. The predicted molar refractivity (Wildman–Crippen MR) is 97.7 cm³/mol. The number of Topliss-reactive ketones (excluding diaryl/α,β-unsaturated/α-hetero) is 1. The number of likely N-dealkylation sites (N-methyl/N-ethyl adjacent to an activating group) is 1. The van der Waals surface area contributed by atoms with E-state index in [2.05, 4.69) is 0 Å². The van der Waals surface area contributed by atoms with E-state index in [0.717, 1.165) is 14.7 Å². The van der Waals surface area contributed by atoms with Gasteiger partial charge in [-0.3, -0.25) is 23.6 Å². The highest BCUT2D eigenvalue weighted by Crippen LogP contribution is 2.20. The van der Waals surface area contributed by atoms with Gasteiger partial charge in [0.05, 0.1) is 6.54 Å². The van der Waals surface area contributed by atoms with Crippen LogP contribution in [0.15, 0.2) is 33.9 Å². The van der Waals surface area contributed by atoms with Gasteiger partial charge < -0.3 is 5.73 Å². The minimum absolute atomic E-state index is 0.0489. The SMILES string of the molecule is CCN(CC(=O)c1c(N)n(C)c(=O)n(C)c1=O)[C@@H](C)c1ccc(F)cc1. The number of benzene rings is 1. The molecule has 0 amide bonds. The zero-order valence-electron chi connectivity index (χ0n) is 15.3. The molecule has 0 saturated heterocycles. The fraction of sp³-hybridized carbons (Fsp3) is 0.389. The molecule has 8 heteroatoms. The highest BCUT2D eigenvalue weighted by Gasteiger charge is 2.24. The zero-order valence-corrected chi connectivity index (χ0v) is 15.3. The summed E-state index contributed by atoms with van der Waals surface area (Å²) in [6, 6.07) is 5.88. The maximum absolute atomic E-state index is 13.1. The smallest absolute Gasteiger partial charge is 0.332 e. The number of nitrogens with zero attached hydrogens (tertiary/aromatic N) is 3. The second-order valence-electron chi connectivity index (χ2n) is 6.18. The standard InChI is InChI=1S/C18H23FN4O3/c1-5-23(11(2)12-6-8-13(19)9-7-12)10-14(24)15-16(20)21(3)18(26)22(4)17(15)25/h6-9,11H,5,10,20H2,1-4H3/t11-/m0/s1. The lowest BCUT2D eigenvalue weighted by Gasteiger charge is -2.27. The van der Waals surface area contributed by atoms with Crippen LogP contribution in [-0.2, 0) is 14.1 Å². The highest BCUT2D eigenvalue weighted by molar-refractivity contribution is 6.01. The van der Waals surface area contributed by atoms with Crippen LogP contribution in [-0.4, -0.2) is 32.9 Å². The van der Waals surface area contributed by atoms with Gasteiger partial charge in [-0.25, -0.2) is 9.18 Å². The van der Waals surface area contributed by atoms with E-state index in [-0.39, 0.29) is 29.8 Å². The van der Waals surface area contributed by atoms with Crippen molar-refractivity contribution in [1.29, 1.82) is 0 Å². The first-order valence-corrected chi connectivity index (χ1v) is 8.27. The van der Waals surface area contributed by atoms with Crippen LogP contribution in [0.4, 0.5) is 10.2 Å². The molecule has 0 aliphatic heterocycles. The van der Waals surface area contributed by atoms with E-state index >= 15 is 0 Å². The van der Waals surface area contributed by atoms with Crippen molar-refractivity contribution in [1.82, 2.24) is 14.0 Å². The second-order valence-corrected chi connectivity index (χ2v) is 6.18. The zero-order chi connectivity index (χ0) is 19.6. The predicted octanol–water partition coefficient (Wildman–Crippen LogP) is 1.07. The lowest BCUT2D eigenvalue weighted by Crippen LogP contribution is -2.43. The molecule has 2 rings (SSSR count). The summed E-state index contributed by atoms with van der Waals surface area (Å²) in [5, 5.41) is 0. The minimum atomic E-state index is -0.707. The Morgan fingerprint density at radius 2 is 1.77 bits per heavy atom. The average Bonchev–Trinajstić information content (AvgIpc) is 2.63. The molecule has 2 aromatic rings. The maximum atomic E-state index is 13.1. The normalized spacial score (nSPS) is 12.4. The quantitative estimate of drug-likeness (QED) is 0.777. The summed E-state index contributed by atoms with van der Waals surface area (Å²) in [6.07, 6.45) is 0. The Balaban J connectivity index is 2.35. The topological polar surface area (TPSA) is 90.3 Å². The summed E-state index contributed by atoms with van der Waals surface area (Å²) >= 11 is 0. The Kier molecular flexibility index (Phi) is 5.76. The number of carbonyl (C=O) groups excluding carboxylic acids is 1. The van der Waals surface area contributed by atoms with E-state index < -0.39 is 17.0 Å². The van der Waals surface area contributed by atoms with Gasteiger partial charge in [-0.15, -0.1) is 0 Å². The molecule has 0 spiro atoms. The molecule has 0 saturated carbocycles. The van der Waals surface area contributed by atoms with Crippen molar-refractivity contribution in [2.75, 3.05) is 18.8 Å². The Hall–Kier alpha value is -2.74. The third-order valence-electron chi connectivity index (χ3n) is 4.64. The van der Waals surface area contributed by atoms with Crippen molar-refractivity contribution >= 4 is 11.6 Å². The molecule has 0 aliphatic rings. The van der Waals surface area contributed by atoms with E-state index in [9.17, 15) is 18.8 Å². The Labute approximate surface area is 150 Å². The molecule has 7 nitrogen and oxygen atoms in total. The molecule has 0 radical (unpaired) electrons. The molecule has 1 aromatic carbocycles. The number of hydrogen-bond donors (Lipinski definition) is 1. The van der Waals surface area contributed by atoms with Gasteiger partial charge in [-0.1, -0.05) is 19.1 Å². The van der Waals surface area contributed by atoms with Gasteiger partial charge in [0.1, 0.15) is 17.2 Å². The van der Waals surface area contributed by atoms with Gasteiger partial charge in [0.2, 0.25) is 0 Å². The average molecular weight is 362 g/mol. The van der Waals surface area contributed by atoms with Crippen LogP contribution in [0.5, 0.6) is 0 Å². The molecule has 0 unspecified atom stereocenters. The van der Waals surface area contributed by atoms with Crippen LogP contribution in [0.3, 0.4) is 0 Å². The van der Waals surface area contributed by atoms with Gasteiger partial charge in [0.25, 0.3) is 5.56 Å². The van der Waals surface area contributed by atoms with Crippen LogP contribution in [0.2, 0.25) is 0 Å². The van der Waals surface area contributed by atoms with Gasteiger partial charge in [-0.2, -0.15) is 0 Å². The molecule has 140 valence electrons. The van der Waals surface area contributed by atoms with E-state index in [0.29, 0.717) is 6.54 Å². The summed E-state index contributed by atoms with van der Waals surface area (Å²) < 4.78 is 15.1. The first kappa shape index (κ1) is 19.6. The number of halogens is 1. The summed E-state index contributed by atoms with van der Waals surface area (Å²) in [4.78, 5) is 38.8. The van der Waals surface area contributed by atoms with E-state index in [1.54, 1.807) is 12.1 Å². The Morgan fingerprint density at radius 3 is 2.31 bits per heavy atom. The fourth-order valence-electron chi connectivity index (χ4n) is 2.86. The first-order chi connectivity index (χ1) is 12.2. The summed E-state index contributed by atoms with van der Waals surface area (Å²) in [7, 11) is 2.71. The molecular weight excluding hydrogens is 339 g/mol. The van der Waals surface area contributed by atoms with Crippen LogP contribution in [0, 0.1) is 5.82 Å². The first-order valence-electron chi connectivity index (χ1n) is 8.27. The van der Waals surface area contributed by atoms with Crippen LogP contribution in [0.25, 0.3) is 0 Å². The number of aromatic nitrogens is 2. The molecule has 0 aliphatic carbocycles. The molecule has 1 aromatic heterocycles. The molecule has 1 heterocycles. The van der Waals surface area contributed by atoms with Crippen LogP contribution < -0.4 is 17.0 Å². The van der Waals surface area contributed by atoms with Gasteiger partial charge in [0, 0.05) is 20.1 Å². The molecule has 2 N–H and O–H groups in total. The number of ketones is 1. The van der Waals surface area contributed by atoms with Crippen molar-refractivity contribution in [3.63, 3.8) is 0 Å². The molecule has 0 bridgehead atoms. The molecule has 1 atom stereocenters. The number of nitrogens with two attached hydrogens (primary N) is 1. The monoisotopic (exact) mass is 362 g/mol. The van der Waals surface area contributed by atoms with Crippen LogP contribution >= 0.6 is 0 Å². The highest BCUT2D eigenvalue weighted by atomic mass is 19.1. The number of hydrogen-bond acceptors (Lipinski definition) is 5. The molecule has 0 fully saturated rings. The van der Waals surface area contributed by atoms with Gasteiger partial charge >= 0.3 is 5.69 Å². The number of carbonyl (C=O) groups is 1. The van der Waals surface area contributed by atoms with Gasteiger partial charge in [-0.05, 0) is 31.2 Å². The largest absolute Gasteiger partial charge is 0.384 e. The lowest BCUT2D eigenvalue weighted by atomic mass is 10.1. The van der Waals surface area contributed by atoms with Crippen molar-refractivity contribution in [2.45, 2.75) is 19.9 Å². The molecule has 26 heavy (non-hydrogen) atoms. The number of rotatable bonds is 6. The maximum Gasteiger partial charge on any atom is 0.332 e. The molecular formula is C18H23FN4O3. The third kappa shape index (κ3) is 3.60. The number of nitrogen functional groups attached to an aromatic ring is 1. The van der Waals surface area contributed by atoms with Crippen molar-refractivity contribution in [3.8, 4) is 0 Å². The van der Waals surface area contributed by atoms with E-state index in [4.69, 9.17) is 5.73 Å². The lowest BCUT2D eigenvalue weighted by molar-refractivity contribution is 0.0902. The fourth-order valence-corrected chi connectivity index (χ4v) is 2.86. The van der Waals surface area contributed by atoms with E-state index in [1.807, 2.05) is 18.7 Å². The second kappa shape index (κ2) is 7.65. The van der Waals surface area contributed by atoms with Gasteiger partial charge in [0.15, 0.2) is 5.78 Å². The minimum Gasteiger partial charge on any atom is -0.384 e. The van der Waals surface area contributed by atoms with E-state index in [1.165, 1.54) is 26.2 Å². The summed E-state index contributed by atoms with van der Waals surface area (Å²) in [5.74, 6) is -0.940. The Morgan fingerprint density at radius 1 is 1.19 bits per heavy atom. The summed E-state index contributed by atoms with van der Waals surface area (Å²) in [6.45, 7) is 4.27. The number of anilines is 1. The Bertz CT molecular complexity index is 931.